The minimum Gasteiger partial charge on any atom is -0.381 e. The second-order valence-corrected chi connectivity index (χ2v) is 5.99. The summed E-state index contributed by atoms with van der Waals surface area (Å²) in [5, 5.41) is 0. The van der Waals surface area contributed by atoms with Gasteiger partial charge in [-0.15, -0.1) is 0 Å². The Morgan fingerprint density at radius 1 is 1.15 bits per heavy atom. The molecule has 4 nitrogen and oxygen atoms in total. The van der Waals surface area contributed by atoms with E-state index >= 15 is 0 Å². The van der Waals surface area contributed by atoms with E-state index in [0.717, 1.165) is 26.1 Å². The van der Waals surface area contributed by atoms with E-state index in [9.17, 15) is 4.57 Å². The van der Waals surface area contributed by atoms with Crippen LogP contribution in [0.1, 0.15) is 12.8 Å². The fraction of sp³-hybridized carbons (Fsp3) is 1.00. The molecule has 0 aliphatic carbocycles. The van der Waals surface area contributed by atoms with Gasteiger partial charge in [-0.2, -0.15) is 0 Å². The zero-order valence-electron chi connectivity index (χ0n) is 7.82. The molecule has 2 rings (SSSR count). The SMILES string of the molecule is CP1(=O)OCC2(CCOCC2)CO1. The van der Waals surface area contributed by atoms with E-state index in [1.807, 2.05) is 0 Å². The second kappa shape index (κ2) is 3.35. The summed E-state index contributed by atoms with van der Waals surface area (Å²) in [6, 6.07) is 0. The van der Waals surface area contributed by atoms with Crippen LogP contribution < -0.4 is 0 Å². The number of ether oxygens (including phenoxy) is 1. The molecule has 2 fully saturated rings. The Labute approximate surface area is 78.1 Å². The van der Waals surface area contributed by atoms with Crippen molar-refractivity contribution in [2.45, 2.75) is 12.8 Å². The first-order valence-corrected chi connectivity index (χ1v) is 6.55. The molecule has 0 aromatic carbocycles. The molecule has 2 heterocycles. The van der Waals surface area contributed by atoms with Crippen LogP contribution in [0.5, 0.6) is 0 Å². The predicted octanol–water partition coefficient (Wildman–Crippen LogP) is 1.65. The molecule has 0 aromatic heterocycles. The first-order valence-electron chi connectivity index (χ1n) is 4.56. The van der Waals surface area contributed by atoms with Crippen LogP contribution in [0, 0.1) is 5.41 Å². The third-order valence-electron chi connectivity index (χ3n) is 2.76. The van der Waals surface area contributed by atoms with Crippen molar-refractivity contribution in [3.63, 3.8) is 0 Å². The summed E-state index contributed by atoms with van der Waals surface area (Å²) in [5.74, 6) is 0. The maximum Gasteiger partial charge on any atom is 0.327 e. The van der Waals surface area contributed by atoms with Gasteiger partial charge in [-0.1, -0.05) is 0 Å². The maximum absolute atomic E-state index is 11.4. The number of rotatable bonds is 0. The molecule has 5 heteroatoms. The van der Waals surface area contributed by atoms with Gasteiger partial charge in [-0.3, -0.25) is 4.57 Å². The highest BCUT2D eigenvalue weighted by Crippen LogP contribution is 2.52. The van der Waals surface area contributed by atoms with Gasteiger partial charge in [0.25, 0.3) is 0 Å². The molecule has 0 atom stereocenters. The summed E-state index contributed by atoms with van der Waals surface area (Å²) >= 11 is 0. The van der Waals surface area contributed by atoms with E-state index in [0.29, 0.717) is 13.2 Å². The smallest absolute Gasteiger partial charge is 0.327 e. The third-order valence-corrected chi connectivity index (χ3v) is 3.96. The molecule has 0 N–H and O–H groups in total. The van der Waals surface area contributed by atoms with Crippen LogP contribution in [0.3, 0.4) is 0 Å². The van der Waals surface area contributed by atoms with Crippen LogP contribution in [0.4, 0.5) is 0 Å². The Bertz CT molecular complexity index is 220. The van der Waals surface area contributed by atoms with Crippen molar-refractivity contribution in [1.82, 2.24) is 0 Å². The zero-order valence-corrected chi connectivity index (χ0v) is 8.72. The summed E-state index contributed by atoms with van der Waals surface area (Å²) in [4.78, 5) is 0. The van der Waals surface area contributed by atoms with Crippen molar-refractivity contribution in [3.05, 3.63) is 0 Å². The third kappa shape index (κ3) is 2.13. The molecule has 0 bridgehead atoms. The Morgan fingerprint density at radius 2 is 1.69 bits per heavy atom. The molecule has 2 saturated heterocycles. The van der Waals surface area contributed by atoms with Crippen LogP contribution >= 0.6 is 7.60 Å². The second-order valence-electron chi connectivity index (χ2n) is 3.93. The Morgan fingerprint density at radius 3 is 2.23 bits per heavy atom. The monoisotopic (exact) mass is 206 g/mol. The molecule has 2 aliphatic heterocycles. The summed E-state index contributed by atoms with van der Waals surface area (Å²) in [5.41, 5.74) is 0.0716. The van der Waals surface area contributed by atoms with Crippen LogP contribution in [0.15, 0.2) is 0 Å². The van der Waals surface area contributed by atoms with Crippen molar-refractivity contribution in [3.8, 4) is 0 Å². The summed E-state index contributed by atoms with van der Waals surface area (Å²) in [6.45, 7) is 4.18. The Hall–Kier alpha value is 0.110. The van der Waals surface area contributed by atoms with E-state index in [4.69, 9.17) is 13.8 Å². The van der Waals surface area contributed by atoms with Gasteiger partial charge in [0.05, 0.1) is 13.2 Å². The highest BCUT2D eigenvalue weighted by Gasteiger charge is 2.40. The van der Waals surface area contributed by atoms with Gasteiger partial charge in [0, 0.05) is 25.3 Å². The molecule has 13 heavy (non-hydrogen) atoms. The van der Waals surface area contributed by atoms with Crippen LogP contribution in [0.2, 0.25) is 0 Å². The first-order chi connectivity index (χ1) is 6.12. The molecule has 76 valence electrons. The first kappa shape index (κ1) is 9.66. The molecule has 0 saturated carbocycles. The summed E-state index contributed by atoms with van der Waals surface area (Å²) in [6.07, 6.45) is 1.90. The highest BCUT2D eigenvalue weighted by atomic mass is 31.2. The van der Waals surface area contributed by atoms with Crippen molar-refractivity contribution in [2.75, 3.05) is 33.1 Å². The maximum atomic E-state index is 11.4. The van der Waals surface area contributed by atoms with E-state index < -0.39 is 7.60 Å². The van der Waals surface area contributed by atoms with Gasteiger partial charge in [-0.25, -0.2) is 0 Å². The summed E-state index contributed by atoms with van der Waals surface area (Å²) < 4.78 is 27.1. The molecule has 1 spiro atoms. The lowest BCUT2D eigenvalue weighted by atomic mass is 9.82. The molecule has 0 aromatic rings. The average Bonchev–Trinajstić information content (AvgIpc) is 2.13. The number of hydrogen-bond acceptors (Lipinski definition) is 4. The molecule has 0 unspecified atom stereocenters. The molecular formula is C8H15O4P. The van der Waals surface area contributed by atoms with Crippen LogP contribution in [-0.4, -0.2) is 33.1 Å². The fourth-order valence-corrected chi connectivity index (χ4v) is 2.77. The van der Waals surface area contributed by atoms with E-state index in [1.165, 1.54) is 6.66 Å². The normalized spacial score (nSPS) is 31.8. The van der Waals surface area contributed by atoms with Gasteiger partial charge in [-0.05, 0) is 12.8 Å². The van der Waals surface area contributed by atoms with Crippen LogP contribution in [0.25, 0.3) is 0 Å². The van der Waals surface area contributed by atoms with Gasteiger partial charge in [0.2, 0.25) is 0 Å². The number of hydrogen-bond donors (Lipinski definition) is 0. The lowest BCUT2D eigenvalue weighted by Crippen LogP contribution is -2.40. The fourth-order valence-electron chi connectivity index (χ4n) is 1.68. The van der Waals surface area contributed by atoms with E-state index in [2.05, 4.69) is 0 Å². The molecule has 2 aliphatic rings. The topological polar surface area (TPSA) is 44.8 Å². The van der Waals surface area contributed by atoms with Gasteiger partial charge < -0.3 is 13.8 Å². The summed E-state index contributed by atoms with van der Waals surface area (Å²) in [7, 11) is -2.72. The predicted molar refractivity (Wildman–Crippen MR) is 47.9 cm³/mol. The lowest BCUT2D eigenvalue weighted by Gasteiger charge is -2.40. The highest BCUT2D eigenvalue weighted by molar-refractivity contribution is 7.53. The van der Waals surface area contributed by atoms with Crippen molar-refractivity contribution in [2.24, 2.45) is 5.41 Å². The Kier molecular flexibility index (Phi) is 2.49. The van der Waals surface area contributed by atoms with Gasteiger partial charge in [0.1, 0.15) is 0 Å². The van der Waals surface area contributed by atoms with Gasteiger partial charge in [0.15, 0.2) is 0 Å². The average molecular weight is 206 g/mol. The van der Waals surface area contributed by atoms with E-state index in [-0.39, 0.29) is 5.41 Å². The van der Waals surface area contributed by atoms with E-state index in [1.54, 1.807) is 0 Å². The molecule has 0 amide bonds. The molecular weight excluding hydrogens is 191 g/mol. The minimum atomic E-state index is -2.72. The quantitative estimate of drug-likeness (QED) is 0.565. The molecule has 0 radical (unpaired) electrons. The van der Waals surface area contributed by atoms with Gasteiger partial charge >= 0.3 is 7.60 Å². The van der Waals surface area contributed by atoms with Crippen molar-refractivity contribution in [1.29, 1.82) is 0 Å². The standard InChI is InChI=1S/C8H15O4P/c1-13(9)11-6-8(7-12-13)2-4-10-5-3-8/h2-7H2,1H3. The van der Waals surface area contributed by atoms with Crippen molar-refractivity contribution < 1.29 is 18.3 Å². The Balaban J connectivity index is 1.99. The van der Waals surface area contributed by atoms with Crippen LogP contribution in [-0.2, 0) is 18.3 Å². The lowest BCUT2D eigenvalue weighted by molar-refractivity contribution is -0.0599. The zero-order chi connectivity index (χ0) is 9.36. The minimum absolute atomic E-state index is 0.0716. The largest absolute Gasteiger partial charge is 0.381 e. The van der Waals surface area contributed by atoms with Crippen molar-refractivity contribution >= 4 is 7.60 Å².